The fourth-order valence-electron chi connectivity index (χ4n) is 2.15. The molecular weight excluding hydrogens is 298 g/mol. The lowest BCUT2D eigenvalue weighted by Crippen LogP contribution is -2.02. The van der Waals surface area contributed by atoms with Gasteiger partial charge >= 0.3 is 0 Å². The number of nitriles is 1. The van der Waals surface area contributed by atoms with Gasteiger partial charge in [0, 0.05) is 5.02 Å². The molecule has 0 radical (unpaired) electrons. The van der Waals surface area contributed by atoms with Crippen LogP contribution in [-0.4, -0.2) is 13.7 Å². The summed E-state index contributed by atoms with van der Waals surface area (Å²) in [6.07, 6.45) is 1.57. The summed E-state index contributed by atoms with van der Waals surface area (Å²) in [6, 6.07) is 17.3. The minimum Gasteiger partial charge on any atom is -0.497 e. The van der Waals surface area contributed by atoms with E-state index in [2.05, 4.69) is 6.07 Å². The largest absolute Gasteiger partial charge is 0.497 e. The molecule has 1 atom stereocenters. The van der Waals surface area contributed by atoms with E-state index >= 15 is 0 Å². The molecule has 0 aliphatic rings. The summed E-state index contributed by atoms with van der Waals surface area (Å²) in [4.78, 5) is 0. The second-order valence-corrected chi connectivity index (χ2v) is 5.34. The maximum Gasteiger partial charge on any atom is 0.119 e. The lowest BCUT2D eigenvalue weighted by molar-refractivity contribution is 0.305. The molecule has 0 spiro atoms. The standard InChI is InChI=1S/C18H18ClNO2/c1-21-17-8-4-14(5-9-17)15(13-20)3-2-12-22-18-10-6-16(19)7-11-18/h4-11,15H,2-3,12H2,1H3. The Hall–Kier alpha value is -2.18. The maximum atomic E-state index is 9.32. The third-order valence-corrected chi connectivity index (χ3v) is 3.65. The SMILES string of the molecule is COc1ccc(C(C#N)CCCOc2ccc(Cl)cc2)cc1. The van der Waals surface area contributed by atoms with Crippen LogP contribution in [0.5, 0.6) is 11.5 Å². The van der Waals surface area contributed by atoms with Gasteiger partial charge in [0.05, 0.1) is 25.7 Å². The Kier molecular flexibility index (Phi) is 6.12. The van der Waals surface area contributed by atoms with Gasteiger partial charge in [0.2, 0.25) is 0 Å². The predicted octanol–water partition coefficient (Wildman–Crippen LogP) is 4.81. The number of hydrogen-bond acceptors (Lipinski definition) is 3. The summed E-state index contributed by atoms with van der Waals surface area (Å²) in [5, 5.41) is 10.0. The molecule has 22 heavy (non-hydrogen) atoms. The topological polar surface area (TPSA) is 42.2 Å². The Morgan fingerprint density at radius 2 is 1.68 bits per heavy atom. The monoisotopic (exact) mass is 315 g/mol. The Morgan fingerprint density at radius 1 is 1.05 bits per heavy atom. The van der Waals surface area contributed by atoms with E-state index in [4.69, 9.17) is 21.1 Å². The summed E-state index contributed by atoms with van der Waals surface area (Å²) >= 11 is 5.82. The van der Waals surface area contributed by atoms with Crippen LogP contribution >= 0.6 is 11.6 Å². The van der Waals surface area contributed by atoms with Crippen molar-refractivity contribution in [3.05, 3.63) is 59.1 Å². The minimum atomic E-state index is -0.125. The first-order valence-corrected chi connectivity index (χ1v) is 7.52. The van der Waals surface area contributed by atoms with Gasteiger partial charge in [0.1, 0.15) is 11.5 Å². The molecule has 1 unspecified atom stereocenters. The van der Waals surface area contributed by atoms with Crippen molar-refractivity contribution in [2.45, 2.75) is 18.8 Å². The van der Waals surface area contributed by atoms with Crippen LogP contribution in [0.1, 0.15) is 24.3 Å². The third-order valence-electron chi connectivity index (χ3n) is 3.39. The van der Waals surface area contributed by atoms with E-state index in [1.54, 1.807) is 19.2 Å². The Morgan fingerprint density at radius 3 is 2.27 bits per heavy atom. The molecule has 0 aromatic heterocycles. The van der Waals surface area contributed by atoms with Crippen molar-refractivity contribution in [1.82, 2.24) is 0 Å². The lowest BCUT2D eigenvalue weighted by Gasteiger charge is -2.11. The molecule has 0 amide bonds. The van der Waals surface area contributed by atoms with Gasteiger partial charge in [-0.2, -0.15) is 5.26 Å². The molecule has 4 heteroatoms. The molecule has 114 valence electrons. The van der Waals surface area contributed by atoms with Crippen LogP contribution in [0.25, 0.3) is 0 Å². The van der Waals surface area contributed by atoms with Crippen LogP contribution < -0.4 is 9.47 Å². The zero-order valence-electron chi connectivity index (χ0n) is 12.5. The van der Waals surface area contributed by atoms with E-state index in [0.717, 1.165) is 29.9 Å². The van der Waals surface area contributed by atoms with Crippen LogP contribution in [0.2, 0.25) is 5.02 Å². The summed E-state index contributed by atoms with van der Waals surface area (Å²) in [5.74, 6) is 1.47. The number of ether oxygens (including phenoxy) is 2. The molecule has 0 saturated carbocycles. The van der Waals surface area contributed by atoms with Crippen LogP contribution in [0, 0.1) is 11.3 Å². The first-order valence-electron chi connectivity index (χ1n) is 7.15. The zero-order chi connectivity index (χ0) is 15.8. The van der Waals surface area contributed by atoms with Gasteiger partial charge in [0.25, 0.3) is 0 Å². The predicted molar refractivity (Wildman–Crippen MR) is 87.5 cm³/mol. The van der Waals surface area contributed by atoms with Crippen molar-refractivity contribution in [2.75, 3.05) is 13.7 Å². The summed E-state index contributed by atoms with van der Waals surface area (Å²) < 4.78 is 10.8. The van der Waals surface area contributed by atoms with E-state index in [0.29, 0.717) is 11.6 Å². The normalized spacial score (nSPS) is 11.5. The molecule has 2 aromatic carbocycles. The number of benzene rings is 2. The third kappa shape index (κ3) is 4.68. The fourth-order valence-corrected chi connectivity index (χ4v) is 2.28. The molecular formula is C18H18ClNO2. The van der Waals surface area contributed by atoms with Crippen LogP contribution in [-0.2, 0) is 0 Å². The number of methoxy groups -OCH3 is 1. The Labute approximate surface area is 136 Å². The molecule has 0 saturated heterocycles. The molecule has 3 nitrogen and oxygen atoms in total. The summed E-state index contributed by atoms with van der Waals surface area (Å²) in [7, 11) is 1.63. The van der Waals surface area contributed by atoms with Crippen molar-refractivity contribution < 1.29 is 9.47 Å². The second kappa shape index (κ2) is 8.31. The number of nitrogens with zero attached hydrogens (tertiary/aromatic N) is 1. The fraction of sp³-hybridized carbons (Fsp3) is 0.278. The van der Waals surface area contributed by atoms with Crippen LogP contribution in [0.15, 0.2) is 48.5 Å². The van der Waals surface area contributed by atoms with E-state index < -0.39 is 0 Å². The minimum absolute atomic E-state index is 0.125. The van der Waals surface area contributed by atoms with Crippen molar-refractivity contribution in [2.24, 2.45) is 0 Å². The highest BCUT2D eigenvalue weighted by molar-refractivity contribution is 6.30. The van der Waals surface area contributed by atoms with Gasteiger partial charge in [-0.15, -0.1) is 0 Å². The second-order valence-electron chi connectivity index (χ2n) is 4.90. The summed E-state index contributed by atoms with van der Waals surface area (Å²) in [5.41, 5.74) is 1.01. The molecule has 0 aliphatic carbocycles. The van der Waals surface area contributed by atoms with Crippen molar-refractivity contribution in [3.63, 3.8) is 0 Å². The number of hydrogen-bond donors (Lipinski definition) is 0. The van der Waals surface area contributed by atoms with Gasteiger partial charge in [-0.1, -0.05) is 23.7 Å². The van der Waals surface area contributed by atoms with Crippen LogP contribution in [0.3, 0.4) is 0 Å². The van der Waals surface area contributed by atoms with Gasteiger partial charge in [-0.05, 0) is 54.8 Å². The zero-order valence-corrected chi connectivity index (χ0v) is 13.2. The molecule has 0 bridgehead atoms. The lowest BCUT2D eigenvalue weighted by atomic mass is 9.96. The van der Waals surface area contributed by atoms with Crippen molar-refractivity contribution >= 4 is 11.6 Å². The van der Waals surface area contributed by atoms with Gasteiger partial charge < -0.3 is 9.47 Å². The number of halogens is 1. The first-order chi connectivity index (χ1) is 10.7. The molecule has 0 fully saturated rings. The van der Waals surface area contributed by atoms with Crippen LogP contribution in [0.4, 0.5) is 0 Å². The van der Waals surface area contributed by atoms with Gasteiger partial charge in [-0.25, -0.2) is 0 Å². The molecule has 0 N–H and O–H groups in total. The highest BCUT2D eigenvalue weighted by atomic mass is 35.5. The first kappa shape index (κ1) is 16.2. The van der Waals surface area contributed by atoms with E-state index in [1.807, 2.05) is 36.4 Å². The maximum absolute atomic E-state index is 9.32. The Balaban J connectivity index is 1.81. The summed E-state index contributed by atoms with van der Waals surface area (Å²) in [6.45, 7) is 0.579. The molecule has 0 heterocycles. The average molecular weight is 316 g/mol. The van der Waals surface area contributed by atoms with Crippen molar-refractivity contribution in [1.29, 1.82) is 5.26 Å². The smallest absolute Gasteiger partial charge is 0.119 e. The molecule has 0 aliphatic heterocycles. The van der Waals surface area contributed by atoms with Gasteiger partial charge in [0.15, 0.2) is 0 Å². The molecule has 2 aromatic rings. The number of rotatable bonds is 7. The van der Waals surface area contributed by atoms with E-state index in [-0.39, 0.29) is 5.92 Å². The van der Waals surface area contributed by atoms with E-state index in [9.17, 15) is 5.26 Å². The Bertz CT molecular complexity index is 617. The quantitative estimate of drug-likeness (QED) is 0.688. The van der Waals surface area contributed by atoms with Crippen molar-refractivity contribution in [3.8, 4) is 17.6 Å². The average Bonchev–Trinajstić information content (AvgIpc) is 2.57. The highest BCUT2D eigenvalue weighted by Crippen LogP contribution is 2.23. The molecule has 2 rings (SSSR count). The highest BCUT2D eigenvalue weighted by Gasteiger charge is 2.10. The van der Waals surface area contributed by atoms with E-state index in [1.165, 1.54) is 0 Å². The van der Waals surface area contributed by atoms with Gasteiger partial charge in [-0.3, -0.25) is 0 Å².